The number of fused-ring (bicyclic) bond motifs is 2. The van der Waals surface area contributed by atoms with Gasteiger partial charge in [0.15, 0.2) is 0 Å². The Bertz CT molecular complexity index is 347. The van der Waals surface area contributed by atoms with Gasteiger partial charge < -0.3 is 5.32 Å². The minimum Gasteiger partial charge on any atom is -0.384 e. The summed E-state index contributed by atoms with van der Waals surface area (Å²) in [7, 11) is 0. The van der Waals surface area contributed by atoms with Crippen LogP contribution in [0, 0.1) is 3.57 Å². The van der Waals surface area contributed by atoms with Crippen LogP contribution in [0.1, 0.15) is 18.4 Å². The van der Waals surface area contributed by atoms with E-state index in [4.69, 9.17) is 0 Å². The molecule has 0 unspecified atom stereocenters. The fourth-order valence-electron chi connectivity index (χ4n) is 2.07. The maximum Gasteiger partial charge on any atom is 0.0380 e. The molecule has 0 saturated heterocycles. The zero-order chi connectivity index (χ0) is 8.18. The van der Waals surface area contributed by atoms with Crippen LogP contribution in [0.4, 0.5) is 5.69 Å². The molecular weight excluding hydrogens is 296 g/mol. The average molecular weight is 308 g/mol. The Hall–Kier alpha value is 0.0400. The molecule has 0 radical (unpaired) electrons. The van der Waals surface area contributed by atoms with Crippen molar-refractivity contribution in [2.24, 2.45) is 0 Å². The van der Waals surface area contributed by atoms with Crippen LogP contribution in [0.15, 0.2) is 18.2 Å². The Labute approximate surface area is 97.8 Å². The summed E-state index contributed by atoms with van der Waals surface area (Å²) in [6.45, 7) is 1.17. The molecule has 1 spiro atoms. The predicted molar refractivity (Wildman–Crippen MR) is 65.8 cm³/mol. The highest BCUT2D eigenvalue weighted by Crippen LogP contribution is 2.54. The number of anilines is 1. The molecule has 1 N–H and O–H groups in total. The molecule has 70 valence electrons. The highest BCUT2D eigenvalue weighted by Gasteiger charge is 2.48. The summed E-state index contributed by atoms with van der Waals surface area (Å²) >= 11 is 2.39. The second-order valence-corrected chi connectivity index (χ2v) is 5.07. The van der Waals surface area contributed by atoms with E-state index in [0.29, 0.717) is 5.41 Å². The van der Waals surface area contributed by atoms with Crippen molar-refractivity contribution in [3.63, 3.8) is 0 Å². The fourth-order valence-corrected chi connectivity index (χ4v) is 2.56. The maximum atomic E-state index is 3.48. The van der Waals surface area contributed by atoms with Crippen LogP contribution in [-0.4, -0.2) is 6.54 Å². The Morgan fingerprint density at radius 3 is 2.77 bits per heavy atom. The summed E-state index contributed by atoms with van der Waals surface area (Å²) in [6, 6.07) is 6.72. The van der Waals surface area contributed by atoms with Gasteiger partial charge in [0, 0.05) is 21.2 Å². The van der Waals surface area contributed by atoms with Crippen LogP contribution in [0.25, 0.3) is 0 Å². The first-order valence-electron chi connectivity index (χ1n) is 4.34. The highest BCUT2D eigenvalue weighted by molar-refractivity contribution is 14.1. The van der Waals surface area contributed by atoms with Gasteiger partial charge in [-0.25, -0.2) is 0 Å². The summed E-state index contributed by atoms with van der Waals surface area (Å²) in [6.07, 6.45) is 2.76. The number of rotatable bonds is 0. The van der Waals surface area contributed by atoms with E-state index >= 15 is 0 Å². The van der Waals surface area contributed by atoms with E-state index in [1.54, 1.807) is 5.56 Å². The van der Waals surface area contributed by atoms with Gasteiger partial charge in [-0.05, 0) is 59.2 Å². The summed E-state index contributed by atoms with van der Waals surface area (Å²) in [4.78, 5) is 0. The zero-order valence-corrected chi connectivity index (χ0v) is 10.1. The summed E-state index contributed by atoms with van der Waals surface area (Å²) in [5.41, 5.74) is 3.48. The zero-order valence-electron chi connectivity index (χ0n) is 7.14. The van der Waals surface area contributed by atoms with E-state index in [9.17, 15) is 0 Å². The molecule has 1 aliphatic carbocycles. The molecule has 1 nitrogen and oxygen atoms in total. The van der Waals surface area contributed by atoms with Gasteiger partial charge >= 0.3 is 0 Å². The monoisotopic (exact) mass is 307 g/mol. The lowest BCUT2D eigenvalue weighted by Crippen LogP contribution is -2.08. The third-order valence-electron chi connectivity index (χ3n) is 3.02. The molecule has 1 fully saturated rings. The molecule has 1 aromatic carbocycles. The first-order valence-corrected chi connectivity index (χ1v) is 5.42. The summed E-state index contributed by atoms with van der Waals surface area (Å²) in [5.74, 6) is 0. The van der Waals surface area contributed by atoms with Crippen LogP contribution in [0.2, 0.25) is 0 Å². The van der Waals surface area contributed by atoms with Crippen molar-refractivity contribution in [3.8, 4) is 0 Å². The van der Waals surface area contributed by atoms with E-state index in [1.807, 2.05) is 0 Å². The normalized spacial score (nSPS) is 20.4. The predicted octanol–water partition coefficient (Wildman–Crippen LogP) is 3.17. The van der Waals surface area contributed by atoms with E-state index in [0.717, 1.165) is 0 Å². The Balaban J connectivity index is 0.000000653. The van der Waals surface area contributed by atoms with Crippen molar-refractivity contribution in [1.29, 1.82) is 0 Å². The van der Waals surface area contributed by atoms with Gasteiger partial charge in [0.2, 0.25) is 0 Å². The van der Waals surface area contributed by atoms with E-state index in [2.05, 4.69) is 46.1 Å². The highest BCUT2D eigenvalue weighted by atomic mass is 127. The summed E-state index contributed by atoms with van der Waals surface area (Å²) in [5, 5.41) is 3.48. The first-order chi connectivity index (χ1) is 5.80. The van der Waals surface area contributed by atoms with Crippen molar-refractivity contribution in [2.75, 3.05) is 11.9 Å². The largest absolute Gasteiger partial charge is 0.384 e. The van der Waals surface area contributed by atoms with E-state index < -0.39 is 0 Å². The molecule has 0 aromatic heterocycles. The number of benzene rings is 1. The van der Waals surface area contributed by atoms with Gasteiger partial charge in [0.1, 0.15) is 0 Å². The second kappa shape index (κ2) is 3.02. The molecular formula is C10H11ClIN. The van der Waals surface area contributed by atoms with Crippen LogP contribution in [-0.2, 0) is 5.41 Å². The van der Waals surface area contributed by atoms with Gasteiger partial charge in [-0.1, -0.05) is 0 Å². The van der Waals surface area contributed by atoms with Crippen LogP contribution < -0.4 is 5.32 Å². The molecule has 1 saturated carbocycles. The van der Waals surface area contributed by atoms with Crippen molar-refractivity contribution >= 4 is 40.7 Å². The average Bonchev–Trinajstić information content (AvgIpc) is 2.74. The quantitative estimate of drug-likeness (QED) is 0.726. The lowest BCUT2D eigenvalue weighted by Gasteiger charge is -2.05. The lowest BCUT2D eigenvalue weighted by molar-refractivity contribution is 0.777. The minimum atomic E-state index is 0. The molecule has 3 rings (SSSR count). The molecule has 1 aliphatic heterocycles. The third kappa shape index (κ3) is 1.34. The third-order valence-corrected chi connectivity index (χ3v) is 3.69. The molecule has 0 atom stereocenters. The van der Waals surface area contributed by atoms with Crippen LogP contribution >= 0.6 is 35.0 Å². The van der Waals surface area contributed by atoms with Crippen molar-refractivity contribution < 1.29 is 0 Å². The molecule has 3 heteroatoms. The molecule has 2 aliphatic rings. The Morgan fingerprint density at radius 1 is 1.31 bits per heavy atom. The van der Waals surface area contributed by atoms with Gasteiger partial charge in [0.05, 0.1) is 0 Å². The molecule has 0 amide bonds. The van der Waals surface area contributed by atoms with Crippen molar-refractivity contribution in [3.05, 3.63) is 27.3 Å². The molecule has 13 heavy (non-hydrogen) atoms. The number of nitrogens with one attached hydrogen (secondary N) is 1. The first kappa shape index (κ1) is 9.59. The van der Waals surface area contributed by atoms with Gasteiger partial charge in [-0.2, -0.15) is 0 Å². The van der Waals surface area contributed by atoms with Gasteiger partial charge in [-0.15, -0.1) is 12.4 Å². The van der Waals surface area contributed by atoms with Crippen LogP contribution in [0.5, 0.6) is 0 Å². The number of halogens is 2. The maximum absolute atomic E-state index is 3.48. The van der Waals surface area contributed by atoms with Crippen molar-refractivity contribution in [1.82, 2.24) is 0 Å². The van der Waals surface area contributed by atoms with Crippen molar-refractivity contribution in [2.45, 2.75) is 18.3 Å². The number of hydrogen-bond donors (Lipinski definition) is 1. The smallest absolute Gasteiger partial charge is 0.0380 e. The fraction of sp³-hybridized carbons (Fsp3) is 0.400. The molecule has 1 heterocycles. The standard InChI is InChI=1S/C10H10IN.ClH/c11-7-1-2-9-8(5-7)10(3-4-10)6-12-9;/h1-2,5,12H,3-4,6H2;1H. The topological polar surface area (TPSA) is 12.0 Å². The van der Waals surface area contributed by atoms with E-state index in [1.165, 1.54) is 28.6 Å². The SMILES string of the molecule is Cl.Ic1ccc2c(c1)C1(CC1)CN2. The minimum absolute atomic E-state index is 0. The lowest BCUT2D eigenvalue weighted by atomic mass is 9.99. The summed E-state index contributed by atoms with van der Waals surface area (Å²) < 4.78 is 1.36. The Morgan fingerprint density at radius 2 is 2.08 bits per heavy atom. The molecule has 0 bridgehead atoms. The van der Waals surface area contributed by atoms with Crippen LogP contribution in [0.3, 0.4) is 0 Å². The van der Waals surface area contributed by atoms with Gasteiger partial charge in [-0.3, -0.25) is 0 Å². The Kier molecular flexibility index (Phi) is 2.23. The second-order valence-electron chi connectivity index (χ2n) is 3.82. The van der Waals surface area contributed by atoms with Gasteiger partial charge in [0.25, 0.3) is 0 Å². The molecule has 1 aromatic rings. The number of hydrogen-bond acceptors (Lipinski definition) is 1. The van der Waals surface area contributed by atoms with E-state index in [-0.39, 0.29) is 12.4 Å².